The number of rotatable bonds is 3. The fraction of sp³-hybridized carbons (Fsp3) is 0.308. The van der Waals surface area contributed by atoms with Crippen LogP contribution in [-0.4, -0.2) is 9.55 Å². The van der Waals surface area contributed by atoms with Crippen LogP contribution in [0.3, 0.4) is 0 Å². The number of halogens is 1. The highest BCUT2D eigenvalue weighted by atomic mass is 79.9. The second-order valence-corrected chi connectivity index (χ2v) is 5.01. The fourth-order valence-electron chi connectivity index (χ4n) is 1.77. The zero-order valence-corrected chi connectivity index (χ0v) is 11.1. The first-order valence-electron chi connectivity index (χ1n) is 5.43. The molecule has 16 heavy (non-hydrogen) atoms. The van der Waals surface area contributed by atoms with Crippen molar-refractivity contribution in [3.63, 3.8) is 0 Å². The van der Waals surface area contributed by atoms with E-state index < -0.39 is 0 Å². The molecule has 0 fully saturated rings. The fourth-order valence-corrected chi connectivity index (χ4v) is 2.18. The molecule has 2 nitrogen and oxygen atoms in total. The Morgan fingerprint density at radius 1 is 1.31 bits per heavy atom. The summed E-state index contributed by atoms with van der Waals surface area (Å²) in [5, 5.41) is 0. The maximum atomic E-state index is 4.39. The molecule has 0 atom stereocenters. The van der Waals surface area contributed by atoms with Crippen molar-refractivity contribution in [3.8, 4) is 0 Å². The van der Waals surface area contributed by atoms with Crippen molar-refractivity contribution in [3.05, 3.63) is 52.5 Å². The number of imidazole rings is 1. The van der Waals surface area contributed by atoms with Crippen molar-refractivity contribution < 1.29 is 0 Å². The van der Waals surface area contributed by atoms with Crippen molar-refractivity contribution in [2.45, 2.75) is 26.3 Å². The van der Waals surface area contributed by atoms with Crippen LogP contribution in [0, 0.1) is 0 Å². The highest BCUT2D eigenvalue weighted by Gasteiger charge is 2.08. The second kappa shape index (κ2) is 4.83. The molecule has 0 aliphatic heterocycles. The standard InChI is InChI=1S/C13H15BrN2/c1-10(2)13-15-7-8-16(13)9-11-5-3-4-6-12(11)14/h3-8,10H,9H2,1-2H3. The molecule has 1 heterocycles. The summed E-state index contributed by atoms with van der Waals surface area (Å²) in [4.78, 5) is 4.39. The molecule has 3 heteroatoms. The average Bonchev–Trinajstić information content (AvgIpc) is 2.69. The SMILES string of the molecule is CC(C)c1nccn1Cc1ccccc1Br. The number of nitrogens with zero attached hydrogens (tertiary/aromatic N) is 2. The quantitative estimate of drug-likeness (QED) is 0.835. The largest absolute Gasteiger partial charge is 0.330 e. The van der Waals surface area contributed by atoms with Gasteiger partial charge in [-0.05, 0) is 11.6 Å². The van der Waals surface area contributed by atoms with Gasteiger partial charge in [0.05, 0.1) is 0 Å². The predicted octanol–water partition coefficient (Wildman–Crippen LogP) is 3.82. The van der Waals surface area contributed by atoms with Crippen LogP contribution in [0.25, 0.3) is 0 Å². The molecule has 1 aromatic carbocycles. The third kappa shape index (κ3) is 2.35. The van der Waals surface area contributed by atoms with Gasteiger partial charge in [-0.3, -0.25) is 0 Å². The first-order chi connectivity index (χ1) is 7.68. The molecule has 0 N–H and O–H groups in total. The van der Waals surface area contributed by atoms with Gasteiger partial charge in [0.25, 0.3) is 0 Å². The van der Waals surface area contributed by atoms with Gasteiger partial charge in [0.2, 0.25) is 0 Å². The van der Waals surface area contributed by atoms with Crippen LogP contribution in [-0.2, 0) is 6.54 Å². The molecular weight excluding hydrogens is 264 g/mol. The van der Waals surface area contributed by atoms with Crippen LogP contribution >= 0.6 is 15.9 Å². The highest BCUT2D eigenvalue weighted by Crippen LogP contribution is 2.19. The van der Waals surface area contributed by atoms with Gasteiger partial charge < -0.3 is 4.57 Å². The average molecular weight is 279 g/mol. The first-order valence-corrected chi connectivity index (χ1v) is 6.22. The lowest BCUT2D eigenvalue weighted by molar-refractivity contribution is 0.668. The molecule has 0 amide bonds. The summed E-state index contributed by atoms with van der Waals surface area (Å²) in [6.45, 7) is 5.20. The molecule has 0 radical (unpaired) electrons. The molecule has 0 saturated carbocycles. The van der Waals surface area contributed by atoms with E-state index in [1.54, 1.807) is 0 Å². The van der Waals surface area contributed by atoms with E-state index in [1.807, 2.05) is 18.5 Å². The molecule has 0 spiro atoms. The lowest BCUT2D eigenvalue weighted by atomic mass is 10.2. The maximum absolute atomic E-state index is 4.39. The van der Waals surface area contributed by atoms with Gasteiger partial charge in [-0.25, -0.2) is 4.98 Å². The summed E-state index contributed by atoms with van der Waals surface area (Å²) in [5.41, 5.74) is 1.28. The van der Waals surface area contributed by atoms with E-state index in [0.29, 0.717) is 5.92 Å². The van der Waals surface area contributed by atoms with E-state index in [4.69, 9.17) is 0 Å². The van der Waals surface area contributed by atoms with Gasteiger partial charge in [0, 0.05) is 29.3 Å². The number of hydrogen-bond donors (Lipinski definition) is 0. The number of hydrogen-bond acceptors (Lipinski definition) is 1. The van der Waals surface area contributed by atoms with Gasteiger partial charge in [0.15, 0.2) is 0 Å². The molecule has 0 bridgehead atoms. The van der Waals surface area contributed by atoms with E-state index in [-0.39, 0.29) is 0 Å². The van der Waals surface area contributed by atoms with Gasteiger partial charge in [-0.2, -0.15) is 0 Å². The van der Waals surface area contributed by atoms with Crippen LogP contribution in [0.15, 0.2) is 41.1 Å². The normalized spacial score (nSPS) is 11.0. The molecular formula is C13H15BrN2. The van der Waals surface area contributed by atoms with E-state index in [2.05, 4.69) is 57.5 Å². The van der Waals surface area contributed by atoms with E-state index >= 15 is 0 Å². The Kier molecular flexibility index (Phi) is 3.44. The minimum atomic E-state index is 0.456. The van der Waals surface area contributed by atoms with Crippen molar-refractivity contribution >= 4 is 15.9 Å². The summed E-state index contributed by atoms with van der Waals surface area (Å²) < 4.78 is 3.35. The van der Waals surface area contributed by atoms with Crippen LogP contribution in [0.1, 0.15) is 31.2 Å². The van der Waals surface area contributed by atoms with E-state index in [1.165, 1.54) is 5.56 Å². The molecule has 84 valence electrons. The van der Waals surface area contributed by atoms with Crippen LogP contribution in [0.4, 0.5) is 0 Å². The molecule has 1 aromatic heterocycles. The van der Waals surface area contributed by atoms with Crippen molar-refractivity contribution in [2.75, 3.05) is 0 Å². The Morgan fingerprint density at radius 3 is 2.75 bits per heavy atom. The Labute approximate surface area is 104 Å². The molecule has 0 unspecified atom stereocenters. The summed E-state index contributed by atoms with van der Waals surface area (Å²) in [7, 11) is 0. The third-order valence-corrected chi connectivity index (χ3v) is 3.34. The first kappa shape index (κ1) is 11.4. The van der Waals surface area contributed by atoms with Crippen molar-refractivity contribution in [2.24, 2.45) is 0 Å². The lowest BCUT2D eigenvalue weighted by Gasteiger charge is -2.11. The predicted molar refractivity (Wildman–Crippen MR) is 69.6 cm³/mol. The van der Waals surface area contributed by atoms with E-state index in [0.717, 1.165) is 16.8 Å². The van der Waals surface area contributed by atoms with Gasteiger partial charge in [0.1, 0.15) is 5.82 Å². The Hall–Kier alpha value is -1.09. The molecule has 0 aliphatic carbocycles. The second-order valence-electron chi connectivity index (χ2n) is 4.16. The summed E-state index contributed by atoms with van der Waals surface area (Å²) in [6, 6.07) is 8.30. The third-order valence-electron chi connectivity index (χ3n) is 2.56. The molecule has 2 rings (SSSR count). The van der Waals surface area contributed by atoms with Gasteiger partial charge >= 0.3 is 0 Å². The summed E-state index contributed by atoms with van der Waals surface area (Å²) >= 11 is 3.57. The molecule has 2 aromatic rings. The number of benzene rings is 1. The van der Waals surface area contributed by atoms with Crippen molar-refractivity contribution in [1.82, 2.24) is 9.55 Å². The van der Waals surface area contributed by atoms with Crippen molar-refractivity contribution in [1.29, 1.82) is 0 Å². The Bertz CT molecular complexity index is 474. The van der Waals surface area contributed by atoms with Gasteiger partial charge in [-0.1, -0.05) is 48.0 Å². The molecule has 0 saturated heterocycles. The van der Waals surface area contributed by atoms with Crippen LogP contribution < -0.4 is 0 Å². The van der Waals surface area contributed by atoms with Crippen LogP contribution in [0.2, 0.25) is 0 Å². The molecule has 0 aliphatic rings. The van der Waals surface area contributed by atoms with Crippen LogP contribution in [0.5, 0.6) is 0 Å². The highest BCUT2D eigenvalue weighted by molar-refractivity contribution is 9.10. The lowest BCUT2D eigenvalue weighted by Crippen LogP contribution is -2.06. The summed E-state index contributed by atoms with van der Waals surface area (Å²) in [5.74, 6) is 1.59. The topological polar surface area (TPSA) is 17.8 Å². The maximum Gasteiger partial charge on any atom is 0.111 e. The minimum Gasteiger partial charge on any atom is -0.330 e. The smallest absolute Gasteiger partial charge is 0.111 e. The monoisotopic (exact) mass is 278 g/mol. The summed E-state index contributed by atoms with van der Waals surface area (Å²) in [6.07, 6.45) is 3.90. The zero-order chi connectivity index (χ0) is 11.5. The zero-order valence-electron chi connectivity index (χ0n) is 9.52. The van der Waals surface area contributed by atoms with Gasteiger partial charge in [-0.15, -0.1) is 0 Å². The Morgan fingerprint density at radius 2 is 2.06 bits per heavy atom. The number of aromatic nitrogens is 2. The van der Waals surface area contributed by atoms with E-state index in [9.17, 15) is 0 Å². The minimum absolute atomic E-state index is 0.456. The Balaban J connectivity index is 2.27.